The van der Waals surface area contributed by atoms with Gasteiger partial charge in [0.1, 0.15) is 18.6 Å². The lowest BCUT2D eigenvalue weighted by Crippen LogP contribution is -2.60. The lowest BCUT2D eigenvalue weighted by Gasteiger charge is -2.44. The van der Waals surface area contributed by atoms with E-state index in [4.69, 9.17) is 5.10 Å². The number of allylic oxidation sites excluding steroid dienone is 3. The molecule has 34 heavy (non-hydrogen) atoms. The van der Waals surface area contributed by atoms with Gasteiger partial charge in [0.15, 0.2) is 5.70 Å². The molecule has 0 unspecified atom stereocenters. The maximum Gasteiger partial charge on any atom is 0.256 e. The van der Waals surface area contributed by atoms with Gasteiger partial charge in [-0.3, -0.25) is 4.79 Å². The fourth-order valence-electron chi connectivity index (χ4n) is 5.49. The number of hydrogen-bond acceptors (Lipinski definition) is 5. The summed E-state index contributed by atoms with van der Waals surface area (Å²) in [5, 5.41) is 7.31. The molecule has 0 N–H and O–H groups in total. The molecule has 6 rings (SSSR count). The molecule has 1 atom stereocenters. The maximum atomic E-state index is 13.1. The third-order valence-corrected chi connectivity index (χ3v) is 8.20. The van der Waals surface area contributed by atoms with E-state index in [0.717, 1.165) is 73.7 Å². The van der Waals surface area contributed by atoms with E-state index >= 15 is 0 Å². The van der Waals surface area contributed by atoms with Crippen LogP contribution < -0.4 is 4.90 Å². The molecule has 2 saturated heterocycles. The van der Waals surface area contributed by atoms with E-state index in [9.17, 15) is 4.79 Å². The summed E-state index contributed by atoms with van der Waals surface area (Å²) in [6.45, 7) is 9.46. The molecule has 2 aromatic rings. The van der Waals surface area contributed by atoms with Gasteiger partial charge in [-0.2, -0.15) is 9.69 Å². The van der Waals surface area contributed by atoms with Crippen LogP contribution in [0.5, 0.6) is 0 Å². The molecule has 1 aromatic carbocycles. The van der Waals surface area contributed by atoms with Gasteiger partial charge in [-0.1, -0.05) is 12.1 Å². The minimum absolute atomic E-state index is 0.211. The Morgan fingerprint density at radius 3 is 2.71 bits per heavy atom. The first-order valence-corrected chi connectivity index (χ1v) is 13.2. The number of piperazine rings is 1. The number of anilines is 1. The van der Waals surface area contributed by atoms with Crippen LogP contribution in [0.25, 0.3) is 5.69 Å². The molecule has 2 fully saturated rings. The topological polar surface area (TPSA) is 44.6 Å². The van der Waals surface area contributed by atoms with Crippen molar-refractivity contribution in [3.05, 3.63) is 77.3 Å². The van der Waals surface area contributed by atoms with Crippen molar-refractivity contribution >= 4 is 23.5 Å². The minimum Gasteiger partial charge on any atom is -0.353 e. The second-order valence-corrected chi connectivity index (χ2v) is 10.6. The third-order valence-electron chi connectivity index (χ3n) is 7.24. The van der Waals surface area contributed by atoms with E-state index < -0.39 is 0 Å². The molecule has 5 heterocycles. The zero-order valence-electron chi connectivity index (χ0n) is 19.9. The average molecular weight is 476 g/mol. The molecule has 0 spiro atoms. The Balaban J connectivity index is 1.19. The highest BCUT2D eigenvalue weighted by molar-refractivity contribution is 7.99. The van der Waals surface area contributed by atoms with Crippen molar-refractivity contribution < 1.29 is 9.39 Å². The molecule has 7 nitrogen and oxygen atoms in total. The molecule has 0 aliphatic carbocycles. The SMILES string of the molecule is Cc1cccc(-n2nc(C)cc2N2CCN([N@@+]34C=CC=C3C=C(C(=O)N3CCSC3)C4)CC2)c1. The lowest BCUT2D eigenvalue weighted by molar-refractivity contribution is -0.948. The number of aromatic nitrogens is 2. The van der Waals surface area contributed by atoms with Crippen molar-refractivity contribution in [1.82, 2.24) is 19.7 Å². The Bertz CT molecular complexity index is 1220. The number of quaternary nitrogens is 1. The number of amides is 1. The smallest absolute Gasteiger partial charge is 0.256 e. The summed E-state index contributed by atoms with van der Waals surface area (Å²) < 4.78 is 2.74. The van der Waals surface area contributed by atoms with E-state index in [0.29, 0.717) is 4.59 Å². The summed E-state index contributed by atoms with van der Waals surface area (Å²) >= 11 is 1.84. The first-order chi connectivity index (χ1) is 16.5. The number of rotatable bonds is 4. The second kappa shape index (κ2) is 8.45. The zero-order valence-corrected chi connectivity index (χ0v) is 20.7. The molecule has 0 bridgehead atoms. The Labute approximate surface area is 205 Å². The fourth-order valence-corrected chi connectivity index (χ4v) is 6.44. The van der Waals surface area contributed by atoms with Gasteiger partial charge in [0.25, 0.3) is 5.91 Å². The molecule has 4 aliphatic heterocycles. The predicted molar refractivity (Wildman–Crippen MR) is 136 cm³/mol. The molecular formula is C26H31N6OS+. The molecule has 8 heteroatoms. The average Bonchev–Trinajstić information content (AvgIpc) is 3.62. The first kappa shape index (κ1) is 21.7. The standard InChI is InChI=1S/C26H31N6OS/c1-20-5-3-6-23(15-20)31-25(16-21(2)27-31)28-8-10-30(11-9-28)32-13-4-7-24(32)17-22(18-32)26(33)29-12-14-34-19-29/h3-7,13,15-17H,8-12,14,18-19H2,1-2H3/q+1/t32-/m1/s1. The van der Waals surface area contributed by atoms with Crippen molar-refractivity contribution in [2.75, 3.05) is 55.8 Å². The number of benzene rings is 1. The van der Waals surface area contributed by atoms with Crippen LogP contribution in [0.3, 0.4) is 0 Å². The maximum absolute atomic E-state index is 13.1. The zero-order chi connectivity index (χ0) is 23.3. The molecule has 0 radical (unpaired) electrons. The third kappa shape index (κ3) is 3.61. The van der Waals surface area contributed by atoms with Crippen LogP contribution in [0.1, 0.15) is 11.3 Å². The van der Waals surface area contributed by atoms with Gasteiger partial charge in [0.05, 0.1) is 35.9 Å². The van der Waals surface area contributed by atoms with Gasteiger partial charge in [0.2, 0.25) is 0 Å². The molecule has 1 aromatic heterocycles. The monoisotopic (exact) mass is 475 g/mol. The quantitative estimate of drug-likeness (QED) is 0.636. The summed E-state index contributed by atoms with van der Waals surface area (Å²) in [6.07, 6.45) is 8.69. The van der Waals surface area contributed by atoms with E-state index in [1.165, 1.54) is 11.3 Å². The summed E-state index contributed by atoms with van der Waals surface area (Å²) in [7, 11) is 0. The minimum atomic E-state index is 0.211. The number of carbonyl (C=O) groups is 1. The van der Waals surface area contributed by atoms with Gasteiger partial charge in [-0.05, 0) is 37.6 Å². The summed E-state index contributed by atoms with van der Waals surface area (Å²) in [5.41, 5.74) is 5.52. The second-order valence-electron chi connectivity index (χ2n) is 9.53. The van der Waals surface area contributed by atoms with Crippen LogP contribution in [0.4, 0.5) is 5.82 Å². The Kier molecular flexibility index (Phi) is 5.39. The van der Waals surface area contributed by atoms with Gasteiger partial charge < -0.3 is 9.80 Å². The summed E-state index contributed by atoms with van der Waals surface area (Å²) in [6, 6.07) is 10.7. The summed E-state index contributed by atoms with van der Waals surface area (Å²) in [4.78, 5) is 17.5. The highest BCUT2D eigenvalue weighted by Crippen LogP contribution is 2.38. The largest absolute Gasteiger partial charge is 0.353 e. The molecular weight excluding hydrogens is 444 g/mol. The van der Waals surface area contributed by atoms with E-state index in [1.54, 1.807) is 0 Å². The van der Waals surface area contributed by atoms with Crippen molar-refractivity contribution in [3.8, 4) is 5.69 Å². The highest BCUT2D eigenvalue weighted by Gasteiger charge is 2.48. The Morgan fingerprint density at radius 1 is 1.09 bits per heavy atom. The normalized spacial score (nSPS) is 24.5. The number of thioether (sulfide) groups is 1. The molecule has 4 aliphatic rings. The van der Waals surface area contributed by atoms with Crippen molar-refractivity contribution in [2.45, 2.75) is 13.8 Å². The van der Waals surface area contributed by atoms with Crippen LogP contribution in [-0.4, -0.2) is 81.1 Å². The van der Waals surface area contributed by atoms with Gasteiger partial charge >= 0.3 is 0 Å². The first-order valence-electron chi connectivity index (χ1n) is 12.0. The molecule has 0 saturated carbocycles. The molecule has 1 amide bonds. The Hall–Kier alpha value is -2.81. The van der Waals surface area contributed by atoms with Crippen LogP contribution in [0.15, 0.2) is 66.0 Å². The number of fused-ring (bicyclic) bond motifs is 1. The summed E-state index contributed by atoms with van der Waals surface area (Å²) in [5.74, 6) is 3.22. The highest BCUT2D eigenvalue weighted by atomic mass is 32.2. The van der Waals surface area contributed by atoms with Crippen molar-refractivity contribution in [2.24, 2.45) is 0 Å². The van der Waals surface area contributed by atoms with Crippen molar-refractivity contribution in [3.63, 3.8) is 0 Å². The van der Waals surface area contributed by atoms with Crippen LogP contribution in [0, 0.1) is 13.8 Å². The van der Waals surface area contributed by atoms with Gasteiger partial charge in [-0.15, -0.1) is 16.8 Å². The van der Waals surface area contributed by atoms with E-state index in [1.807, 2.05) is 16.7 Å². The Morgan fingerprint density at radius 2 is 1.94 bits per heavy atom. The fraction of sp³-hybridized carbons (Fsp3) is 0.385. The van der Waals surface area contributed by atoms with E-state index in [2.05, 4.69) is 83.2 Å². The van der Waals surface area contributed by atoms with Crippen LogP contribution in [-0.2, 0) is 4.79 Å². The van der Waals surface area contributed by atoms with Gasteiger partial charge in [0, 0.05) is 43.6 Å². The number of carbonyl (C=O) groups excluding carboxylic acids is 1. The van der Waals surface area contributed by atoms with Gasteiger partial charge in [-0.25, -0.2) is 4.68 Å². The predicted octanol–water partition coefficient (Wildman–Crippen LogP) is 3.23. The van der Waals surface area contributed by atoms with Crippen molar-refractivity contribution in [1.29, 1.82) is 0 Å². The van der Waals surface area contributed by atoms with Crippen LogP contribution in [0.2, 0.25) is 0 Å². The van der Waals surface area contributed by atoms with Crippen LogP contribution >= 0.6 is 11.8 Å². The number of nitrogens with zero attached hydrogens (tertiary/aromatic N) is 6. The van der Waals surface area contributed by atoms with E-state index in [-0.39, 0.29) is 5.91 Å². The lowest BCUT2D eigenvalue weighted by atomic mass is 10.2. The number of aryl methyl sites for hydroxylation is 2. The number of hydrogen-bond donors (Lipinski definition) is 0. The molecule has 176 valence electrons.